The molecule has 1 unspecified atom stereocenters. The molecule has 0 N–H and O–H groups in total. The zero-order chi connectivity index (χ0) is 8.10. The van der Waals surface area contributed by atoms with Crippen LogP contribution in [0.25, 0.3) is 0 Å². The Morgan fingerprint density at radius 2 is 2.09 bits per heavy atom. The van der Waals surface area contributed by atoms with Gasteiger partial charge >= 0.3 is 0 Å². The molecule has 0 amide bonds. The van der Waals surface area contributed by atoms with E-state index in [4.69, 9.17) is 11.6 Å². The lowest BCUT2D eigenvalue weighted by Crippen LogP contribution is -2.15. The van der Waals surface area contributed by atoms with Gasteiger partial charge in [0.15, 0.2) is 0 Å². The van der Waals surface area contributed by atoms with Crippen LogP contribution in [0.15, 0.2) is 0 Å². The molecule has 0 saturated heterocycles. The van der Waals surface area contributed by atoms with Crippen molar-refractivity contribution in [1.29, 1.82) is 0 Å². The average molecular weight is 173 g/mol. The second-order valence-corrected chi connectivity index (χ2v) is 3.81. The number of hydrogen-bond acceptors (Lipinski definition) is 0. The van der Waals surface area contributed by atoms with Crippen LogP contribution in [-0.4, -0.2) is 5.38 Å². The number of hydrogen-bond donors (Lipinski definition) is 0. The van der Waals surface area contributed by atoms with Gasteiger partial charge in [0.05, 0.1) is 0 Å². The largest absolute Gasteiger partial charge is 0.122 e. The zero-order valence-electron chi connectivity index (χ0n) is 7.28. The Labute approximate surface area is 75.3 Å². The summed E-state index contributed by atoms with van der Waals surface area (Å²) in [5, 5.41) is 0.369. The molecule has 1 aliphatic carbocycles. The van der Waals surface area contributed by atoms with Crippen LogP contribution in [0.3, 0.4) is 0 Å². The van der Waals surface area contributed by atoms with E-state index in [0.717, 1.165) is 6.42 Å². The summed E-state index contributed by atoms with van der Waals surface area (Å²) in [5.74, 6) is 1.59. The van der Waals surface area contributed by atoms with Crippen LogP contribution in [0.5, 0.6) is 0 Å². The van der Waals surface area contributed by atoms with E-state index in [-0.39, 0.29) is 0 Å². The van der Waals surface area contributed by atoms with Crippen molar-refractivity contribution in [2.24, 2.45) is 0 Å². The highest BCUT2D eigenvalue weighted by Crippen LogP contribution is 2.32. The van der Waals surface area contributed by atoms with Crippen LogP contribution in [0, 0.1) is 12.3 Å². The van der Waals surface area contributed by atoms with Crippen LogP contribution in [0.2, 0.25) is 0 Å². The maximum Gasteiger partial charge on any atom is 0.0398 e. The molecule has 1 aliphatic rings. The van der Waals surface area contributed by atoms with Gasteiger partial charge in [0.25, 0.3) is 0 Å². The third kappa shape index (κ3) is 3.02. The summed E-state index contributed by atoms with van der Waals surface area (Å²) in [7, 11) is 0. The maximum absolute atomic E-state index is 6.21. The summed E-state index contributed by atoms with van der Waals surface area (Å²) < 4.78 is 0. The quantitative estimate of drug-likeness (QED) is 0.569. The first kappa shape index (κ1) is 9.38. The minimum Gasteiger partial charge on any atom is -0.122 e. The molecule has 1 heteroatoms. The highest BCUT2D eigenvalue weighted by atomic mass is 35.5. The standard InChI is InChI=1S/C10H17Cl/c1-2-6-10(11)9-7-4-3-5-8-9/h3,10H,2,4-8H2,1H3. The second-order valence-electron chi connectivity index (χ2n) is 3.28. The molecule has 0 nitrogen and oxygen atoms in total. The van der Waals surface area contributed by atoms with Crippen molar-refractivity contribution in [3.05, 3.63) is 12.3 Å². The van der Waals surface area contributed by atoms with Crippen molar-refractivity contribution in [3.8, 4) is 0 Å². The van der Waals surface area contributed by atoms with Crippen LogP contribution in [0.4, 0.5) is 0 Å². The molecule has 64 valence electrons. The van der Waals surface area contributed by atoms with Gasteiger partial charge in [0.1, 0.15) is 0 Å². The molecule has 2 radical (unpaired) electrons. The minimum absolute atomic E-state index is 0.369. The van der Waals surface area contributed by atoms with E-state index < -0.39 is 0 Å². The summed E-state index contributed by atoms with van der Waals surface area (Å²) in [4.78, 5) is 0. The Bertz CT molecular complexity index is 95.0. The average Bonchev–Trinajstić information content (AvgIpc) is 2.07. The lowest BCUT2D eigenvalue weighted by molar-refractivity contribution is 0.566. The van der Waals surface area contributed by atoms with Crippen molar-refractivity contribution < 1.29 is 0 Å². The molecule has 0 bridgehead atoms. The molecule has 1 saturated carbocycles. The molecule has 1 fully saturated rings. The fraction of sp³-hybridized carbons (Fsp3) is 0.800. The first-order valence-electron chi connectivity index (χ1n) is 4.65. The first-order valence-corrected chi connectivity index (χ1v) is 5.08. The minimum atomic E-state index is 0.369. The normalized spacial score (nSPS) is 23.5. The van der Waals surface area contributed by atoms with Crippen molar-refractivity contribution in [1.82, 2.24) is 0 Å². The maximum atomic E-state index is 6.21. The lowest BCUT2D eigenvalue weighted by atomic mass is 9.85. The van der Waals surface area contributed by atoms with Gasteiger partial charge in [-0.05, 0) is 44.4 Å². The van der Waals surface area contributed by atoms with E-state index >= 15 is 0 Å². The van der Waals surface area contributed by atoms with Gasteiger partial charge in [-0.25, -0.2) is 0 Å². The Balaban J connectivity index is 2.21. The molecule has 0 aromatic carbocycles. The van der Waals surface area contributed by atoms with Gasteiger partial charge in [-0.15, -0.1) is 11.6 Å². The summed E-state index contributed by atoms with van der Waals surface area (Å²) in [5.41, 5.74) is 0. The fourth-order valence-electron chi connectivity index (χ4n) is 1.62. The highest BCUT2D eigenvalue weighted by molar-refractivity contribution is 6.21. The molecule has 1 atom stereocenters. The van der Waals surface area contributed by atoms with Gasteiger partial charge in [0, 0.05) is 5.38 Å². The summed E-state index contributed by atoms with van der Waals surface area (Å²) in [6, 6.07) is 0. The van der Waals surface area contributed by atoms with E-state index in [0.29, 0.717) is 5.38 Å². The summed E-state index contributed by atoms with van der Waals surface area (Å²) >= 11 is 6.21. The molecule has 0 aliphatic heterocycles. The predicted octanol–water partition coefficient (Wildman–Crippen LogP) is 3.75. The van der Waals surface area contributed by atoms with Crippen LogP contribution in [-0.2, 0) is 0 Å². The lowest BCUT2D eigenvalue weighted by Gasteiger charge is -2.24. The van der Waals surface area contributed by atoms with Crippen molar-refractivity contribution >= 4 is 11.6 Å². The van der Waals surface area contributed by atoms with Gasteiger partial charge in [0.2, 0.25) is 0 Å². The smallest absolute Gasteiger partial charge is 0.0398 e. The van der Waals surface area contributed by atoms with Crippen molar-refractivity contribution in [2.45, 2.75) is 50.8 Å². The SMILES string of the molecule is CCCC(Cl)[C]1CC[CH]CC1. The van der Waals surface area contributed by atoms with Crippen molar-refractivity contribution in [3.63, 3.8) is 0 Å². The second kappa shape index (κ2) is 5.03. The Morgan fingerprint density at radius 1 is 1.45 bits per heavy atom. The Kier molecular flexibility index (Phi) is 4.29. The van der Waals surface area contributed by atoms with E-state index in [1.165, 1.54) is 32.1 Å². The first-order chi connectivity index (χ1) is 5.34. The molecular formula is C10H17Cl. The molecule has 0 aromatic heterocycles. The Hall–Kier alpha value is 0.290. The van der Waals surface area contributed by atoms with Crippen LogP contribution >= 0.6 is 11.6 Å². The van der Waals surface area contributed by atoms with Gasteiger partial charge in [-0.1, -0.05) is 13.3 Å². The van der Waals surface area contributed by atoms with E-state index in [1.54, 1.807) is 5.92 Å². The third-order valence-corrected chi connectivity index (χ3v) is 2.85. The van der Waals surface area contributed by atoms with Crippen LogP contribution in [0.1, 0.15) is 45.4 Å². The molecule has 1 rings (SSSR count). The predicted molar refractivity (Wildman–Crippen MR) is 50.6 cm³/mol. The monoisotopic (exact) mass is 172 g/mol. The van der Waals surface area contributed by atoms with Gasteiger partial charge < -0.3 is 0 Å². The number of rotatable bonds is 3. The van der Waals surface area contributed by atoms with Gasteiger partial charge in [-0.3, -0.25) is 0 Å². The molecule has 0 aromatic rings. The van der Waals surface area contributed by atoms with Crippen molar-refractivity contribution in [2.75, 3.05) is 0 Å². The van der Waals surface area contributed by atoms with E-state index in [1.807, 2.05) is 0 Å². The van der Waals surface area contributed by atoms with E-state index in [9.17, 15) is 0 Å². The number of alkyl halides is 1. The molecule has 0 spiro atoms. The molecule has 0 heterocycles. The molecular weight excluding hydrogens is 156 g/mol. The summed E-state index contributed by atoms with van der Waals surface area (Å²) in [6.07, 6.45) is 9.74. The topological polar surface area (TPSA) is 0 Å². The fourth-order valence-corrected chi connectivity index (χ4v) is 2.05. The zero-order valence-corrected chi connectivity index (χ0v) is 8.03. The Morgan fingerprint density at radius 3 is 2.64 bits per heavy atom. The van der Waals surface area contributed by atoms with Crippen LogP contribution < -0.4 is 0 Å². The number of halogens is 1. The highest BCUT2D eigenvalue weighted by Gasteiger charge is 2.21. The van der Waals surface area contributed by atoms with E-state index in [2.05, 4.69) is 13.3 Å². The third-order valence-electron chi connectivity index (χ3n) is 2.32. The van der Waals surface area contributed by atoms with Gasteiger partial charge in [-0.2, -0.15) is 0 Å². The summed E-state index contributed by atoms with van der Waals surface area (Å²) in [6.45, 7) is 2.20. The molecule has 11 heavy (non-hydrogen) atoms.